The molecule has 2 aliphatic rings. The lowest BCUT2D eigenvalue weighted by Crippen LogP contribution is -2.35. The summed E-state index contributed by atoms with van der Waals surface area (Å²) >= 11 is 0. The SMILES string of the molecule is CC1(C)C(C2(N)CC2(F)F)C1(C)C. The third-order valence-electron chi connectivity index (χ3n) is 4.61. The Bertz CT molecular complexity index is 256. The van der Waals surface area contributed by atoms with Crippen molar-refractivity contribution in [2.24, 2.45) is 22.5 Å². The molecule has 2 rings (SSSR count). The average Bonchev–Trinajstić information content (AvgIpc) is 2.42. The molecule has 2 aliphatic carbocycles. The molecule has 0 saturated heterocycles. The van der Waals surface area contributed by atoms with Gasteiger partial charge in [-0.2, -0.15) is 0 Å². The van der Waals surface area contributed by atoms with E-state index in [0.717, 1.165) is 0 Å². The molecule has 0 aromatic carbocycles. The zero-order chi connectivity index (χ0) is 10.3. The Balaban J connectivity index is 2.25. The van der Waals surface area contributed by atoms with E-state index < -0.39 is 11.5 Å². The lowest BCUT2D eigenvalue weighted by molar-refractivity contribution is 0.0782. The van der Waals surface area contributed by atoms with Crippen LogP contribution in [0.5, 0.6) is 0 Å². The number of hydrogen-bond donors (Lipinski definition) is 1. The van der Waals surface area contributed by atoms with Crippen LogP contribution in [0.4, 0.5) is 8.78 Å². The first-order valence-electron chi connectivity index (χ1n) is 4.74. The van der Waals surface area contributed by atoms with Crippen LogP contribution in [0.3, 0.4) is 0 Å². The molecular formula is C10H17F2N. The molecule has 0 spiro atoms. The van der Waals surface area contributed by atoms with Gasteiger partial charge in [-0.05, 0) is 16.7 Å². The van der Waals surface area contributed by atoms with E-state index in [1.807, 2.05) is 27.7 Å². The summed E-state index contributed by atoms with van der Waals surface area (Å²) in [4.78, 5) is 0. The van der Waals surface area contributed by atoms with Crippen LogP contribution >= 0.6 is 0 Å². The normalized spacial score (nSPS) is 44.5. The van der Waals surface area contributed by atoms with Gasteiger partial charge in [0.25, 0.3) is 5.92 Å². The first kappa shape index (κ1) is 9.38. The van der Waals surface area contributed by atoms with E-state index in [1.54, 1.807) is 0 Å². The second kappa shape index (κ2) is 1.79. The Morgan fingerprint density at radius 2 is 1.38 bits per heavy atom. The molecule has 76 valence electrons. The summed E-state index contributed by atoms with van der Waals surface area (Å²) in [5.74, 6) is -2.66. The minimum atomic E-state index is -2.62. The summed E-state index contributed by atoms with van der Waals surface area (Å²) in [6, 6.07) is 0. The van der Waals surface area contributed by atoms with Crippen LogP contribution in [0.15, 0.2) is 0 Å². The maximum atomic E-state index is 13.0. The predicted octanol–water partition coefficient (Wildman–Crippen LogP) is 2.41. The number of halogens is 2. The second-order valence-electron chi connectivity index (χ2n) is 5.80. The maximum absolute atomic E-state index is 13.0. The second-order valence-corrected chi connectivity index (χ2v) is 5.80. The van der Waals surface area contributed by atoms with Crippen molar-refractivity contribution in [2.75, 3.05) is 0 Å². The lowest BCUT2D eigenvalue weighted by atomic mass is 10.0. The third-order valence-corrected chi connectivity index (χ3v) is 4.61. The molecule has 0 radical (unpaired) electrons. The molecule has 0 heterocycles. The fourth-order valence-corrected chi connectivity index (χ4v) is 3.12. The molecule has 0 aromatic heterocycles. The van der Waals surface area contributed by atoms with Gasteiger partial charge in [-0.3, -0.25) is 0 Å². The Morgan fingerprint density at radius 1 is 1.08 bits per heavy atom. The molecule has 1 unspecified atom stereocenters. The van der Waals surface area contributed by atoms with Gasteiger partial charge < -0.3 is 5.73 Å². The van der Waals surface area contributed by atoms with E-state index in [2.05, 4.69) is 0 Å². The largest absolute Gasteiger partial charge is 0.320 e. The molecule has 0 bridgehead atoms. The van der Waals surface area contributed by atoms with E-state index >= 15 is 0 Å². The van der Waals surface area contributed by atoms with Gasteiger partial charge in [-0.25, -0.2) is 8.78 Å². The maximum Gasteiger partial charge on any atom is 0.268 e. The van der Waals surface area contributed by atoms with E-state index in [-0.39, 0.29) is 23.2 Å². The summed E-state index contributed by atoms with van der Waals surface area (Å²) < 4.78 is 26.1. The summed E-state index contributed by atoms with van der Waals surface area (Å²) in [7, 11) is 0. The van der Waals surface area contributed by atoms with Gasteiger partial charge in [0.2, 0.25) is 0 Å². The van der Waals surface area contributed by atoms with Crippen LogP contribution in [0.2, 0.25) is 0 Å². The van der Waals surface area contributed by atoms with Gasteiger partial charge in [0.15, 0.2) is 0 Å². The van der Waals surface area contributed by atoms with Crippen molar-refractivity contribution in [3.8, 4) is 0 Å². The summed E-state index contributed by atoms with van der Waals surface area (Å²) in [5.41, 5.74) is 4.44. The summed E-state index contributed by atoms with van der Waals surface area (Å²) in [5, 5.41) is 0. The highest BCUT2D eigenvalue weighted by atomic mass is 19.3. The standard InChI is InChI=1S/C10H17F2N/c1-7(2)6(8(7,3)4)9(13)5-10(9,11)12/h6H,5,13H2,1-4H3. The molecule has 13 heavy (non-hydrogen) atoms. The van der Waals surface area contributed by atoms with E-state index in [9.17, 15) is 8.78 Å². The Hall–Kier alpha value is -0.180. The van der Waals surface area contributed by atoms with Crippen LogP contribution in [-0.4, -0.2) is 11.5 Å². The third kappa shape index (κ3) is 0.797. The minimum absolute atomic E-state index is 0.0394. The molecule has 0 aliphatic heterocycles. The van der Waals surface area contributed by atoms with E-state index in [0.29, 0.717) is 0 Å². The van der Waals surface area contributed by atoms with Crippen LogP contribution in [0, 0.1) is 16.7 Å². The van der Waals surface area contributed by atoms with Crippen molar-refractivity contribution in [1.82, 2.24) is 0 Å². The van der Waals surface area contributed by atoms with Crippen LogP contribution in [-0.2, 0) is 0 Å². The quantitative estimate of drug-likeness (QED) is 0.673. The van der Waals surface area contributed by atoms with Crippen molar-refractivity contribution in [3.63, 3.8) is 0 Å². The highest BCUT2D eigenvalue weighted by molar-refractivity contribution is 5.32. The fourth-order valence-electron chi connectivity index (χ4n) is 3.12. The average molecular weight is 189 g/mol. The highest BCUT2D eigenvalue weighted by Crippen LogP contribution is 2.78. The first-order chi connectivity index (χ1) is 5.57. The Kier molecular flexibility index (Phi) is 1.29. The Morgan fingerprint density at radius 3 is 1.46 bits per heavy atom. The van der Waals surface area contributed by atoms with Crippen molar-refractivity contribution in [3.05, 3.63) is 0 Å². The summed E-state index contributed by atoms with van der Waals surface area (Å²) in [6.45, 7) is 8.11. The molecular weight excluding hydrogens is 172 g/mol. The molecule has 0 aromatic rings. The zero-order valence-corrected chi connectivity index (χ0v) is 8.62. The van der Waals surface area contributed by atoms with Gasteiger partial charge in [-0.15, -0.1) is 0 Å². The fraction of sp³-hybridized carbons (Fsp3) is 1.00. The van der Waals surface area contributed by atoms with Crippen molar-refractivity contribution in [1.29, 1.82) is 0 Å². The predicted molar refractivity (Wildman–Crippen MR) is 47.5 cm³/mol. The first-order valence-corrected chi connectivity index (χ1v) is 4.74. The van der Waals surface area contributed by atoms with Gasteiger partial charge in [0.1, 0.15) is 0 Å². The zero-order valence-electron chi connectivity index (χ0n) is 8.62. The highest BCUT2D eigenvalue weighted by Gasteiger charge is 2.84. The number of rotatable bonds is 1. The van der Waals surface area contributed by atoms with Gasteiger partial charge in [0.05, 0.1) is 5.54 Å². The molecule has 0 amide bonds. The van der Waals surface area contributed by atoms with Gasteiger partial charge in [-0.1, -0.05) is 27.7 Å². The number of nitrogens with two attached hydrogens (primary N) is 1. The summed E-state index contributed by atoms with van der Waals surface area (Å²) in [6.07, 6.45) is -0.127. The van der Waals surface area contributed by atoms with Gasteiger partial charge >= 0.3 is 0 Å². The van der Waals surface area contributed by atoms with E-state index in [4.69, 9.17) is 5.73 Å². The smallest absolute Gasteiger partial charge is 0.268 e. The molecule has 3 heteroatoms. The minimum Gasteiger partial charge on any atom is -0.320 e. The van der Waals surface area contributed by atoms with E-state index in [1.165, 1.54) is 0 Å². The topological polar surface area (TPSA) is 26.0 Å². The van der Waals surface area contributed by atoms with Crippen LogP contribution in [0.1, 0.15) is 34.1 Å². The molecule has 1 atom stereocenters. The number of alkyl halides is 2. The van der Waals surface area contributed by atoms with Crippen molar-refractivity contribution in [2.45, 2.75) is 45.6 Å². The molecule has 1 nitrogen and oxygen atoms in total. The van der Waals surface area contributed by atoms with Crippen molar-refractivity contribution >= 4 is 0 Å². The molecule has 2 fully saturated rings. The monoisotopic (exact) mass is 189 g/mol. The van der Waals surface area contributed by atoms with Crippen LogP contribution in [0.25, 0.3) is 0 Å². The molecule has 2 N–H and O–H groups in total. The number of hydrogen-bond acceptors (Lipinski definition) is 1. The van der Waals surface area contributed by atoms with Crippen molar-refractivity contribution < 1.29 is 8.78 Å². The van der Waals surface area contributed by atoms with Crippen LogP contribution < -0.4 is 5.73 Å². The lowest BCUT2D eigenvalue weighted by Gasteiger charge is -2.12. The Labute approximate surface area is 77.7 Å². The van der Waals surface area contributed by atoms with Gasteiger partial charge in [0, 0.05) is 6.42 Å². The molecule has 2 saturated carbocycles.